The number of aromatic nitrogens is 1. The van der Waals surface area contributed by atoms with E-state index in [-0.39, 0.29) is 9.10 Å². The molecule has 2 aromatic carbocycles. The molecule has 4 rings (SSSR count). The molecule has 0 radical (unpaired) electrons. The van der Waals surface area contributed by atoms with Crippen LogP contribution < -0.4 is 0 Å². The molecule has 0 unspecified atom stereocenters. The molecule has 0 aliphatic rings. The molecule has 0 spiro atoms. The molecule has 2 aromatic heterocycles. The Morgan fingerprint density at radius 3 is 2.52 bits per heavy atom. The Morgan fingerprint density at radius 1 is 1.07 bits per heavy atom. The van der Waals surface area contributed by atoms with Gasteiger partial charge >= 0.3 is 0 Å². The minimum absolute atomic E-state index is 0.0765. The van der Waals surface area contributed by atoms with Gasteiger partial charge in [0.2, 0.25) is 9.84 Å². The lowest BCUT2D eigenvalue weighted by atomic mass is 10.1. The van der Waals surface area contributed by atoms with Crippen LogP contribution in [-0.2, 0) is 9.84 Å². The fourth-order valence-electron chi connectivity index (χ4n) is 2.84. The van der Waals surface area contributed by atoms with Gasteiger partial charge in [0.15, 0.2) is 0 Å². The number of rotatable bonds is 3. The van der Waals surface area contributed by atoms with Gasteiger partial charge in [0.1, 0.15) is 14.9 Å². The topological polar surface area (TPSA) is 47.0 Å². The molecule has 136 valence electrons. The predicted octanol–water partition coefficient (Wildman–Crippen LogP) is 5.90. The first-order valence-corrected chi connectivity index (χ1v) is 10.7. The van der Waals surface area contributed by atoms with Crippen LogP contribution in [0.1, 0.15) is 5.56 Å². The molecule has 4 aromatic rings. The molecule has 0 fully saturated rings. The molecule has 0 aliphatic carbocycles. The maximum atomic E-state index is 14.0. The first-order valence-electron chi connectivity index (χ1n) is 8.02. The van der Waals surface area contributed by atoms with Crippen molar-refractivity contribution in [2.45, 2.75) is 16.0 Å². The van der Waals surface area contributed by atoms with Gasteiger partial charge < -0.3 is 0 Å². The Kier molecular flexibility index (Phi) is 4.50. The van der Waals surface area contributed by atoms with Crippen molar-refractivity contribution in [3.63, 3.8) is 0 Å². The molecule has 0 bridgehead atoms. The van der Waals surface area contributed by atoms with E-state index in [0.29, 0.717) is 26.5 Å². The molecule has 0 atom stereocenters. The summed E-state index contributed by atoms with van der Waals surface area (Å²) in [6, 6.07) is 14.5. The van der Waals surface area contributed by atoms with Gasteiger partial charge in [-0.15, -0.1) is 11.3 Å². The van der Waals surface area contributed by atoms with Gasteiger partial charge in [-0.2, -0.15) is 0 Å². The summed E-state index contributed by atoms with van der Waals surface area (Å²) >= 11 is 7.06. The zero-order chi connectivity index (χ0) is 19.2. The van der Waals surface area contributed by atoms with Crippen LogP contribution in [0.3, 0.4) is 0 Å². The Hall–Kier alpha value is -2.28. The number of hydrogen-bond acceptors (Lipinski definition) is 4. The fraction of sp³-hybridized carbons (Fsp3) is 0.0500. The van der Waals surface area contributed by atoms with Gasteiger partial charge in [-0.05, 0) is 54.4 Å². The first-order chi connectivity index (χ1) is 12.9. The third kappa shape index (κ3) is 3.14. The lowest BCUT2D eigenvalue weighted by Crippen LogP contribution is -2.02. The van der Waals surface area contributed by atoms with Crippen molar-refractivity contribution in [3.8, 4) is 11.1 Å². The van der Waals surface area contributed by atoms with Crippen LogP contribution in [0.15, 0.2) is 69.9 Å². The molecule has 27 heavy (non-hydrogen) atoms. The highest BCUT2D eigenvalue weighted by atomic mass is 35.5. The number of fused-ring (bicyclic) bond motifs is 1. The van der Waals surface area contributed by atoms with E-state index >= 15 is 0 Å². The summed E-state index contributed by atoms with van der Waals surface area (Å²) in [4.78, 5) is 4.83. The molecule has 0 amide bonds. The molecule has 2 heterocycles. The van der Waals surface area contributed by atoms with E-state index in [4.69, 9.17) is 11.6 Å². The number of thiophene rings is 1. The second kappa shape index (κ2) is 6.71. The Bertz CT molecular complexity index is 1270. The maximum Gasteiger partial charge on any atom is 0.216 e. The second-order valence-corrected chi connectivity index (χ2v) is 9.62. The number of nitrogens with zero attached hydrogens (tertiary/aromatic N) is 1. The van der Waals surface area contributed by atoms with Gasteiger partial charge in [-0.25, -0.2) is 17.8 Å². The van der Waals surface area contributed by atoms with E-state index in [2.05, 4.69) is 4.98 Å². The third-order valence-electron chi connectivity index (χ3n) is 4.26. The standard InChI is InChI=1S/C20H13ClFNO2S2/c1-12-4-9-15(11-17(12)22)27(24,25)20-18(13-5-7-14(21)8-6-13)16-3-2-10-23-19(16)26-20/h2-11H,1H3. The normalized spacial score (nSPS) is 11.8. The Morgan fingerprint density at radius 2 is 1.81 bits per heavy atom. The first kappa shape index (κ1) is 18.1. The summed E-state index contributed by atoms with van der Waals surface area (Å²) in [5.41, 5.74) is 1.66. The molecule has 7 heteroatoms. The van der Waals surface area contributed by atoms with Gasteiger partial charge in [0.05, 0.1) is 4.90 Å². The van der Waals surface area contributed by atoms with E-state index in [9.17, 15) is 12.8 Å². The highest BCUT2D eigenvalue weighted by molar-refractivity contribution is 7.93. The van der Waals surface area contributed by atoms with Crippen LogP contribution in [0.4, 0.5) is 4.39 Å². The van der Waals surface area contributed by atoms with Crippen molar-refractivity contribution in [3.05, 3.63) is 77.2 Å². The van der Waals surface area contributed by atoms with Crippen molar-refractivity contribution >= 4 is 43.0 Å². The molecular weight excluding hydrogens is 405 g/mol. The number of halogens is 2. The third-order valence-corrected chi connectivity index (χ3v) is 7.90. The summed E-state index contributed by atoms with van der Waals surface area (Å²) in [5.74, 6) is -0.552. The van der Waals surface area contributed by atoms with E-state index in [1.165, 1.54) is 12.1 Å². The van der Waals surface area contributed by atoms with Crippen molar-refractivity contribution in [1.82, 2.24) is 4.98 Å². The van der Waals surface area contributed by atoms with Crippen LogP contribution in [0, 0.1) is 12.7 Å². The van der Waals surface area contributed by atoms with Gasteiger partial charge in [0, 0.05) is 22.2 Å². The molecule has 0 saturated carbocycles. The van der Waals surface area contributed by atoms with Crippen LogP contribution in [-0.4, -0.2) is 13.4 Å². The van der Waals surface area contributed by atoms with E-state index in [1.807, 2.05) is 6.07 Å². The summed E-state index contributed by atoms with van der Waals surface area (Å²) in [7, 11) is -3.92. The van der Waals surface area contributed by atoms with Crippen LogP contribution in [0.2, 0.25) is 5.02 Å². The summed E-state index contributed by atoms with van der Waals surface area (Å²) < 4.78 is 40.8. The number of pyridine rings is 1. The van der Waals surface area contributed by atoms with E-state index in [1.54, 1.807) is 43.5 Å². The van der Waals surface area contributed by atoms with Crippen LogP contribution in [0.25, 0.3) is 21.3 Å². The predicted molar refractivity (Wildman–Crippen MR) is 107 cm³/mol. The van der Waals surface area contributed by atoms with Crippen molar-refractivity contribution in [2.75, 3.05) is 0 Å². The quantitative estimate of drug-likeness (QED) is 0.417. The van der Waals surface area contributed by atoms with Crippen LogP contribution >= 0.6 is 22.9 Å². The average molecular weight is 418 g/mol. The summed E-state index contributed by atoms with van der Waals surface area (Å²) in [5, 5.41) is 1.29. The fourth-order valence-corrected chi connectivity index (χ4v) is 6.04. The smallest absolute Gasteiger partial charge is 0.216 e. The highest BCUT2D eigenvalue weighted by Gasteiger charge is 2.27. The largest absolute Gasteiger partial charge is 0.245 e. The Balaban J connectivity index is 2.02. The lowest BCUT2D eigenvalue weighted by molar-refractivity contribution is 0.591. The van der Waals surface area contributed by atoms with Crippen molar-refractivity contribution < 1.29 is 12.8 Å². The zero-order valence-electron chi connectivity index (χ0n) is 14.1. The molecule has 0 saturated heterocycles. The minimum atomic E-state index is -3.92. The molecule has 0 N–H and O–H groups in total. The maximum absolute atomic E-state index is 14.0. The van der Waals surface area contributed by atoms with Crippen molar-refractivity contribution in [2.24, 2.45) is 0 Å². The van der Waals surface area contributed by atoms with Crippen molar-refractivity contribution in [1.29, 1.82) is 0 Å². The SMILES string of the molecule is Cc1ccc(S(=O)(=O)c2sc3ncccc3c2-c2ccc(Cl)cc2)cc1F. The number of sulfone groups is 1. The number of benzene rings is 2. The molecule has 3 nitrogen and oxygen atoms in total. The average Bonchev–Trinajstić information content (AvgIpc) is 3.05. The number of hydrogen-bond donors (Lipinski definition) is 0. The highest BCUT2D eigenvalue weighted by Crippen LogP contribution is 2.43. The summed E-state index contributed by atoms with van der Waals surface area (Å²) in [6.07, 6.45) is 1.62. The molecular formula is C20H13ClFNO2S2. The van der Waals surface area contributed by atoms with E-state index in [0.717, 1.165) is 22.8 Å². The van der Waals surface area contributed by atoms with Gasteiger partial charge in [0.25, 0.3) is 0 Å². The number of aryl methyl sites for hydroxylation is 1. The van der Waals surface area contributed by atoms with Crippen LogP contribution in [0.5, 0.6) is 0 Å². The van der Waals surface area contributed by atoms with Gasteiger partial charge in [-0.3, -0.25) is 0 Å². The monoisotopic (exact) mass is 417 g/mol. The van der Waals surface area contributed by atoms with E-state index < -0.39 is 15.7 Å². The lowest BCUT2D eigenvalue weighted by Gasteiger charge is -2.08. The summed E-state index contributed by atoms with van der Waals surface area (Å²) in [6.45, 7) is 1.59. The minimum Gasteiger partial charge on any atom is -0.245 e. The second-order valence-electron chi connectivity index (χ2n) is 6.04. The zero-order valence-corrected chi connectivity index (χ0v) is 16.5. The van der Waals surface area contributed by atoms with Gasteiger partial charge in [-0.1, -0.05) is 29.8 Å². The molecule has 0 aliphatic heterocycles. The Labute approximate surface area is 165 Å².